The highest BCUT2D eigenvalue weighted by molar-refractivity contribution is 7.80. The van der Waals surface area contributed by atoms with Gasteiger partial charge in [-0.05, 0) is 68.7 Å². The summed E-state index contributed by atoms with van der Waals surface area (Å²) in [6.45, 7) is 10.1. The topological polar surface area (TPSA) is 18.5 Å². The fraction of sp³-hybridized carbons (Fsp3) is 0.389. The van der Waals surface area contributed by atoms with Gasteiger partial charge in [0.15, 0.2) is 5.11 Å². The molecule has 0 unspecified atom stereocenters. The van der Waals surface area contributed by atoms with E-state index in [-0.39, 0.29) is 0 Å². The summed E-state index contributed by atoms with van der Waals surface area (Å²) in [6, 6.07) is 12.9. The van der Waals surface area contributed by atoms with Gasteiger partial charge in [0.2, 0.25) is 0 Å². The van der Waals surface area contributed by atoms with Crippen molar-refractivity contribution in [3.8, 4) is 0 Å². The lowest BCUT2D eigenvalue weighted by Crippen LogP contribution is -2.39. The van der Waals surface area contributed by atoms with Gasteiger partial charge in [0.25, 0.3) is 0 Å². The van der Waals surface area contributed by atoms with Crippen molar-refractivity contribution in [2.75, 3.05) is 29.4 Å². The van der Waals surface area contributed by atoms with Gasteiger partial charge in [0.05, 0.1) is 6.54 Å². The summed E-state index contributed by atoms with van der Waals surface area (Å²) in [5, 5.41) is 6.15. The van der Waals surface area contributed by atoms with Gasteiger partial charge in [-0.25, -0.2) is 0 Å². The first-order valence-electron chi connectivity index (χ1n) is 8.12. The fourth-order valence-electron chi connectivity index (χ4n) is 2.52. The van der Waals surface area contributed by atoms with Crippen LogP contribution in [0.5, 0.6) is 0 Å². The number of thiocarbonyl (C=S) groups is 1. The second-order valence-electron chi connectivity index (χ2n) is 5.19. The Morgan fingerprint density at radius 1 is 1.04 bits per heavy atom. The summed E-state index contributed by atoms with van der Waals surface area (Å²) in [5.41, 5.74) is 2.38. The Morgan fingerprint density at radius 2 is 1.70 bits per heavy atom. The van der Waals surface area contributed by atoms with Crippen LogP contribution in [-0.4, -0.2) is 24.7 Å². The molecule has 1 N–H and O–H groups in total. The number of rotatable bonds is 7. The van der Waals surface area contributed by atoms with Crippen LogP contribution < -0.4 is 15.1 Å². The number of benzene rings is 1. The van der Waals surface area contributed by atoms with Crippen molar-refractivity contribution in [1.82, 2.24) is 5.32 Å². The average molecular weight is 348 g/mol. The van der Waals surface area contributed by atoms with Crippen LogP contribution in [0.4, 0.5) is 11.4 Å². The molecular weight excluding hydrogens is 322 g/mol. The lowest BCUT2D eigenvalue weighted by atomic mass is 10.2. The Morgan fingerprint density at radius 3 is 2.22 bits per heavy atom. The Hall–Kier alpha value is -1.59. The lowest BCUT2D eigenvalue weighted by Gasteiger charge is -2.27. The summed E-state index contributed by atoms with van der Waals surface area (Å²) in [5.74, 6) is 0. The van der Waals surface area contributed by atoms with Gasteiger partial charge in [-0.15, -0.1) is 11.3 Å². The van der Waals surface area contributed by atoms with E-state index in [1.807, 2.05) is 0 Å². The van der Waals surface area contributed by atoms with Crippen molar-refractivity contribution in [2.45, 2.75) is 27.3 Å². The van der Waals surface area contributed by atoms with Crippen molar-refractivity contribution in [2.24, 2.45) is 0 Å². The first kappa shape index (κ1) is 17.8. The van der Waals surface area contributed by atoms with E-state index in [4.69, 9.17) is 12.2 Å². The molecule has 5 heteroatoms. The predicted molar refractivity (Wildman–Crippen MR) is 107 cm³/mol. The van der Waals surface area contributed by atoms with E-state index in [9.17, 15) is 0 Å². The highest BCUT2D eigenvalue weighted by atomic mass is 32.1. The van der Waals surface area contributed by atoms with E-state index in [2.05, 4.69) is 77.7 Å². The number of nitrogens with zero attached hydrogens (tertiary/aromatic N) is 2. The molecule has 0 radical (unpaired) electrons. The van der Waals surface area contributed by atoms with Gasteiger partial charge in [-0.2, -0.15) is 0 Å². The second-order valence-corrected chi connectivity index (χ2v) is 6.61. The molecule has 0 aliphatic rings. The molecule has 2 rings (SSSR count). The molecule has 3 nitrogen and oxygen atoms in total. The van der Waals surface area contributed by atoms with E-state index in [0.717, 1.165) is 37.0 Å². The first-order valence-corrected chi connectivity index (χ1v) is 9.41. The van der Waals surface area contributed by atoms with Crippen LogP contribution in [0.2, 0.25) is 0 Å². The fourth-order valence-corrected chi connectivity index (χ4v) is 3.52. The van der Waals surface area contributed by atoms with Crippen LogP contribution >= 0.6 is 23.6 Å². The monoisotopic (exact) mass is 347 g/mol. The quantitative estimate of drug-likeness (QED) is 0.743. The molecular formula is C18H25N3S2. The van der Waals surface area contributed by atoms with Gasteiger partial charge >= 0.3 is 0 Å². The van der Waals surface area contributed by atoms with Crippen LogP contribution in [0, 0.1) is 0 Å². The summed E-state index contributed by atoms with van der Waals surface area (Å²) in [7, 11) is 0. The average Bonchev–Trinajstić information content (AvgIpc) is 3.08. The maximum atomic E-state index is 5.57. The van der Waals surface area contributed by atoms with Gasteiger partial charge in [0.1, 0.15) is 0 Å². The molecule has 0 spiro atoms. The van der Waals surface area contributed by atoms with E-state index in [1.54, 1.807) is 11.3 Å². The summed E-state index contributed by atoms with van der Waals surface area (Å²) in [6.07, 6.45) is 0. The summed E-state index contributed by atoms with van der Waals surface area (Å²) >= 11 is 7.33. The smallest absolute Gasteiger partial charge is 0.173 e. The Kier molecular flexibility index (Phi) is 6.86. The number of anilines is 2. The third-order valence-electron chi connectivity index (χ3n) is 3.76. The summed E-state index contributed by atoms with van der Waals surface area (Å²) < 4.78 is 0. The van der Waals surface area contributed by atoms with Crippen LogP contribution in [0.1, 0.15) is 25.6 Å². The third-order valence-corrected chi connectivity index (χ3v) is 4.98. The minimum atomic E-state index is 0.775. The highest BCUT2D eigenvalue weighted by Gasteiger charge is 2.13. The van der Waals surface area contributed by atoms with Crippen molar-refractivity contribution in [3.63, 3.8) is 0 Å². The molecule has 0 aliphatic carbocycles. The number of hydrogen-bond donors (Lipinski definition) is 1. The number of nitrogens with one attached hydrogen (secondary N) is 1. The predicted octanol–water partition coefficient (Wildman–Crippen LogP) is 4.50. The zero-order valence-electron chi connectivity index (χ0n) is 14.1. The molecule has 1 aromatic carbocycles. The number of thiophene rings is 1. The zero-order chi connectivity index (χ0) is 16.7. The molecule has 2 aromatic rings. The van der Waals surface area contributed by atoms with Crippen LogP contribution in [0.15, 0.2) is 41.8 Å². The highest BCUT2D eigenvalue weighted by Crippen LogP contribution is 2.23. The lowest BCUT2D eigenvalue weighted by molar-refractivity contribution is 0.865. The van der Waals surface area contributed by atoms with Gasteiger partial charge < -0.3 is 15.1 Å². The summed E-state index contributed by atoms with van der Waals surface area (Å²) in [4.78, 5) is 5.81. The van der Waals surface area contributed by atoms with E-state index in [1.165, 1.54) is 10.6 Å². The van der Waals surface area contributed by atoms with E-state index < -0.39 is 0 Å². The minimum absolute atomic E-state index is 0.775. The second kappa shape index (κ2) is 8.89. The Labute approximate surface area is 148 Å². The van der Waals surface area contributed by atoms with E-state index in [0.29, 0.717) is 0 Å². The SMILES string of the molecule is CCNC(=S)N(Cc1cccs1)c1ccc(N(CC)CC)cc1. The largest absolute Gasteiger partial charge is 0.372 e. The van der Waals surface area contributed by atoms with Crippen LogP contribution in [0.25, 0.3) is 0 Å². The van der Waals surface area contributed by atoms with Gasteiger partial charge in [-0.3, -0.25) is 0 Å². The van der Waals surface area contributed by atoms with Crippen molar-refractivity contribution in [3.05, 3.63) is 46.7 Å². The molecule has 0 aliphatic heterocycles. The molecule has 23 heavy (non-hydrogen) atoms. The zero-order valence-corrected chi connectivity index (χ0v) is 15.7. The molecule has 0 bridgehead atoms. The van der Waals surface area contributed by atoms with Crippen LogP contribution in [-0.2, 0) is 6.54 Å². The molecule has 0 amide bonds. The third kappa shape index (κ3) is 4.69. The normalized spacial score (nSPS) is 10.4. The molecule has 1 aromatic heterocycles. The maximum absolute atomic E-state index is 5.57. The Balaban J connectivity index is 2.22. The van der Waals surface area contributed by atoms with E-state index >= 15 is 0 Å². The van der Waals surface area contributed by atoms with Crippen molar-refractivity contribution < 1.29 is 0 Å². The maximum Gasteiger partial charge on any atom is 0.173 e. The van der Waals surface area contributed by atoms with Crippen molar-refractivity contribution in [1.29, 1.82) is 0 Å². The van der Waals surface area contributed by atoms with Crippen molar-refractivity contribution >= 4 is 40.0 Å². The molecule has 124 valence electrons. The van der Waals surface area contributed by atoms with Crippen LogP contribution in [0.3, 0.4) is 0 Å². The molecule has 0 saturated heterocycles. The van der Waals surface area contributed by atoms with Gasteiger partial charge in [0, 0.05) is 35.9 Å². The van der Waals surface area contributed by atoms with Gasteiger partial charge in [-0.1, -0.05) is 6.07 Å². The first-order chi connectivity index (χ1) is 11.2. The minimum Gasteiger partial charge on any atom is -0.372 e. The Bertz CT molecular complexity index is 589. The number of hydrogen-bond acceptors (Lipinski definition) is 3. The molecule has 0 saturated carbocycles. The molecule has 0 atom stereocenters. The molecule has 0 fully saturated rings. The molecule has 1 heterocycles. The standard InChI is InChI=1S/C18H25N3S2/c1-4-19-18(22)21(14-17-8-7-13-23-17)16-11-9-15(10-12-16)20(5-2)6-3/h7-13H,4-6,14H2,1-3H3,(H,19,22).